The average Bonchev–Trinajstić information content (AvgIpc) is 2.57. The summed E-state index contributed by atoms with van der Waals surface area (Å²) in [6.45, 7) is 2.00. The van der Waals surface area contributed by atoms with Gasteiger partial charge in [-0.1, -0.05) is 41.4 Å². The summed E-state index contributed by atoms with van der Waals surface area (Å²) in [6.07, 6.45) is 0. The zero-order chi connectivity index (χ0) is 18.2. The van der Waals surface area contributed by atoms with Gasteiger partial charge < -0.3 is 10.1 Å². The van der Waals surface area contributed by atoms with E-state index in [-0.39, 0.29) is 28.9 Å². The van der Waals surface area contributed by atoms with Crippen LogP contribution in [0.15, 0.2) is 42.5 Å². The predicted octanol–water partition coefficient (Wildman–Crippen LogP) is 5.04. The molecule has 132 valence electrons. The van der Waals surface area contributed by atoms with E-state index in [1.807, 2.05) is 24.3 Å². The fraction of sp³-hybridized carbons (Fsp3) is 0.222. The van der Waals surface area contributed by atoms with Crippen molar-refractivity contribution in [1.82, 2.24) is 0 Å². The molecule has 0 unspecified atom stereocenters. The molecule has 2 aromatic rings. The molecule has 1 amide bonds. The highest BCUT2D eigenvalue weighted by molar-refractivity contribution is 7.99. The van der Waals surface area contributed by atoms with E-state index in [0.717, 1.165) is 5.56 Å². The van der Waals surface area contributed by atoms with E-state index >= 15 is 0 Å². The van der Waals surface area contributed by atoms with Crippen LogP contribution in [0.25, 0.3) is 0 Å². The van der Waals surface area contributed by atoms with Crippen molar-refractivity contribution in [3.8, 4) is 0 Å². The molecule has 0 heterocycles. The predicted molar refractivity (Wildman–Crippen MR) is 104 cm³/mol. The van der Waals surface area contributed by atoms with Gasteiger partial charge in [-0.2, -0.15) is 0 Å². The maximum atomic E-state index is 12.0. The van der Waals surface area contributed by atoms with Crippen molar-refractivity contribution >= 4 is 52.5 Å². The summed E-state index contributed by atoms with van der Waals surface area (Å²) in [4.78, 5) is 23.7. The lowest BCUT2D eigenvalue weighted by atomic mass is 10.2. The maximum absolute atomic E-state index is 12.0. The van der Waals surface area contributed by atoms with Crippen molar-refractivity contribution in [1.29, 1.82) is 0 Å². The molecule has 0 fully saturated rings. The number of benzene rings is 2. The summed E-state index contributed by atoms with van der Waals surface area (Å²) < 4.78 is 4.91. The Balaban J connectivity index is 1.87. The van der Waals surface area contributed by atoms with Gasteiger partial charge in [0.25, 0.3) is 0 Å². The number of carbonyl (C=O) groups is 2. The summed E-state index contributed by atoms with van der Waals surface area (Å²) in [7, 11) is 0. The van der Waals surface area contributed by atoms with E-state index in [1.165, 1.54) is 23.9 Å². The molecule has 0 aromatic heterocycles. The first-order valence-corrected chi connectivity index (χ1v) is 9.50. The van der Waals surface area contributed by atoms with Crippen LogP contribution >= 0.6 is 35.0 Å². The quantitative estimate of drug-likeness (QED) is 0.664. The number of amides is 1. The Morgan fingerprint density at radius 1 is 1.12 bits per heavy atom. The Bertz CT molecular complexity index is 768. The van der Waals surface area contributed by atoms with Crippen LogP contribution in [0.3, 0.4) is 0 Å². The van der Waals surface area contributed by atoms with Crippen LogP contribution in [0, 0.1) is 0 Å². The monoisotopic (exact) mass is 397 g/mol. The van der Waals surface area contributed by atoms with Gasteiger partial charge in [0.15, 0.2) is 0 Å². The highest BCUT2D eigenvalue weighted by Crippen LogP contribution is 2.23. The van der Waals surface area contributed by atoms with E-state index in [4.69, 9.17) is 27.9 Å². The molecule has 0 saturated heterocycles. The SMILES string of the molecule is CCOC(=O)c1ccc(NC(=O)CSCc2ccccc2Cl)cc1Cl. The van der Waals surface area contributed by atoms with Crippen LogP contribution in [0.4, 0.5) is 5.69 Å². The first-order valence-electron chi connectivity index (χ1n) is 7.59. The summed E-state index contributed by atoms with van der Waals surface area (Å²) in [5, 5.41) is 3.68. The molecule has 2 rings (SSSR count). The van der Waals surface area contributed by atoms with Gasteiger partial charge in [0, 0.05) is 16.5 Å². The second kappa shape index (κ2) is 9.70. The van der Waals surface area contributed by atoms with E-state index in [2.05, 4.69) is 5.32 Å². The summed E-state index contributed by atoms with van der Waals surface area (Å²) in [5.74, 6) is 0.288. The van der Waals surface area contributed by atoms with Gasteiger partial charge in [-0.3, -0.25) is 4.79 Å². The third-order valence-corrected chi connectivity index (χ3v) is 4.86. The zero-order valence-electron chi connectivity index (χ0n) is 13.6. The number of halogens is 2. The lowest BCUT2D eigenvalue weighted by molar-refractivity contribution is -0.113. The Morgan fingerprint density at radius 3 is 2.56 bits per heavy atom. The second-order valence-corrected chi connectivity index (χ2v) is 6.85. The van der Waals surface area contributed by atoms with E-state index in [1.54, 1.807) is 13.0 Å². The molecule has 25 heavy (non-hydrogen) atoms. The number of rotatable bonds is 7. The lowest BCUT2D eigenvalue weighted by Gasteiger charge is -2.09. The largest absolute Gasteiger partial charge is 0.462 e. The lowest BCUT2D eigenvalue weighted by Crippen LogP contribution is -2.14. The molecule has 4 nitrogen and oxygen atoms in total. The number of hydrogen-bond donors (Lipinski definition) is 1. The molecular weight excluding hydrogens is 381 g/mol. The molecule has 1 N–H and O–H groups in total. The molecule has 0 atom stereocenters. The van der Waals surface area contributed by atoms with Crippen LogP contribution in [-0.4, -0.2) is 24.2 Å². The Labute approximate surface area is 160 Å². The summed E-state index contributed by atoms with van der Waals surface area (Å²) in [6, 6.07) is 12.2. The van der Waals surface area contributed by atoms with Gasteiger partial charge in [-0.15, -0.1) is 11.8 Å². The van der Waals surface area contributed by atoms with Crippen molar-refractivity contribution in [3.63, 3.8) is 0 Å². The number of anilines is 1. The van der Waals surface area contributed by atoms with Crippen LogP contribution in [0.5, 0.6) is 0 Å². The van der Waals surface area contributed by atoms with Crippen LogP contribution in [-0.2, 0) is 15.3 Å². The van der Waals surface area contributed by atoms with Gasteiger partial charge in [-0.25, -0.2) is 4.79 Å². The Kier molecular flexibility index (Phi) is 7.62. The van der Waals surface area contributed by atoms with Crippen molar-refractivity contribution in [2.24, 2.45) is 0 Å². The van der Waals surface area contributed by atoms with E-state index in [0.29, 0.717) is 16.5 Å². The fourth-order valence-corrected chi connectivity index (χ4v) is 3.40. The number of nitrogens with one attached hydrogen (secondary N) is 1. The summed E-state index contributed by atoms with van der Waals surface area (Å²) in [5.41, 5.74) is 1.79. The number of esters is 1. The van der Waals surface area contributed by atoms with Crippen LogP contribution in [0.1, 0.15) is 22.8 Å². The first kappa shape index (κ1) is 19.6. The van der Waals surface area contributed by atoms with Crippen molar-refractivity contribution in [3.05, 3.63) is 63.6 Å². The van der Waals surface area contributed by atoms with Crippen LogP contribution in [0.2, 0.25) is 10.0 Å². The fourth-order valence-electron chi connectivity index (χ4n) is 2.03. The minimum atomic E-state index is -0.485. The second-order valence-electron chi connectivity index (χ2n) is 5.05. The third kappa shape index (κ3) is 5.96. The topological polar surface area (TPSA) is 55.4 Å². The zero-order valence-corrected chi connectivity index (χ0v) is 15.9. The minimum absolute atomic E-state index is 0.156. The molecule has 0 aliphatic heterocycles. The molecule has 0 bridgehead atoms. The van der Waals surface area contributed by atoms with Crippen molar-refractivity contribution in [2.75, 3.05) is 17.7 Å². The first-order chi connectivity index (χ1) is 12.0. The Hall–Kier alpha value is -1.69. The minimum Gasteiger partial charge on any atom is -0.462 e. The molecule has 2 aromatic carbocycles. The third-order valence-electron chi connectivity index (χ3n) is 3.20. The molecule has 0 saturated carbocycles. The molecule has 0 radical (unpaired) electrons. The number of ether oxygens (including phenoxy) is 1. The molecular formula is C18H17Cl2NO3S. The number of carbonyl (C=O) groups excluding carboxylic acids is 2. The van der Waals surface area contributed by atoms with Gasteiger partial charge in [0.05, 0.1) is 22.9 Å². The van der Waals surface area contributed by atoms with Crippen molar-refractivity contribution in [2.45, 2.75) is 12.7 Å². The van der Waals surface area contributed by atoms with Crippen molar-refractivity contribution < 1.29 is 14.3 Å². The number of hydrogen-bond acceptors (Lipinski definition) is 4. The smallest absolute Gasteiger partial charge is 0.339 e. The average molecular weight is 398 g/mol. The molecule has 0 aliphatic rings. The molecule has 0 spiro atoms. The van der Waals surface area contributed by atoms with E-state index in [9.17, 15) is 9.59 Å². The standard InChI is InChI=1S/C18H17Cl2NO3S/c1-2-24-18(23)14-8-7-13(9-16(14)20)21-17(22)11-25-10-12-5-3-4-6-15(12)19/h3-9H,2,10-11H2,1H3,(H,21,22). The van der Waals surface area contributed by atoms with Gasteiger partial charge in [0.2, 0.25) is 5.91 Å². The van der Waals surface area contributed by atoms with Gasteiger partial charge >= 0.3 is 5.97 Å². The highest BCUT2D eigenvalue weighted by atomic mass is 35.5. The van der Waals surface area contributed by atoms with Crippen LogP contribution < -0.4 is 5.32 Å². The van der Waals surface area contributed by atoms with E-state index < -0.39 is 5.97 Å². The highest BCUT2D eigenvalue weighted by Gasteiger charge is 2.12. The molecule has 0 aliphatic carbocycles. The summed E-state index contributed by atoms with van der Waals surface area (Å²) >= 11 is 13.6. The van der Waals surface area contributed by atoms with Gasteiger partial charge in [0.1, 0.15) is 0 Å². The maximum Gasteiger partial charge on any atom is 0.339 e. The normalized spacial score (nSPS) is 10.4. The number of thioether (sulfide) groups is 1. The Morgan fingerprint density at radius 2 is 1.88 bits per heavy atom. The molecule has 7 heteroatoms. The van der Waals surface area contributed by atoms with Gasteiger partial charge in [-0.05, 0) is 36.8 Å².